The molecule has 302 valence electrons. The molecule has 0 unspecified atom stereocenters. The van der Waals surface area contributed by atoms with Crippen molar-refractivity contribution < 1.29 is 33.7 Å². The normalized spacial score (nSPS) is 17.0. The van der Waals surface area contributed by atoms with Crippen molar-refractivity contribution in [3.8, 4) is 17.4 Å². The summed E-state index contributed by atoms with van der Waals surface area (Å²) in [7, 11) is 4.74. The molecule has 0 saturated carbocycles. The number of amides is 3. The number of nitrogens with zero attached hydrogens (tertiary/aromatic N) is 4. The maximum Gasteiger partial charge on any atom is 0.417 e. The first-order valence-corrected chi connectivity index (χ1v) is 19.8. The van der Waals surface area contributed by atoms with Gasteiger partial charge in [0.05, 0.1) is 36.8 Å². The Morgan fingerprint density at radius 3 is 2.29 bits per heavy atom. The van der Waals surface area contributed by atoms with Crippen molar-refractivity contribution in [1.29, 1.82) is 0 Å². The van der Waals surface area contributed by atoms with Crippen LogP contribution in [0.3, 0.4) is 0 Å². The van der Waals surface area contributed by atoms with Gasteiger partial charge < -0.3 is 30.0 Å². The van der Waals surface area contributed by atoms with Crippen LogP contribution < -0.4 is 24.8 Å². The first kappa shape index (κ1) is 43.5. The van der Waals surface area contributed by atoms with E-state index in [1.54, 1.807) is 19.6 Å². The number of nitrogens with one attached hydrogen (secondary N) is 2. The van der Waals surface area contributed by atoms with E-state index >= 15 is 0 Å². The van der Waals surface area contributed by atoms with Crippen LogP contribution in [0, 0.1) is 5.92 Å². The molecule has 3 amide bonds. The van der Waals surface area contributed by atoms with Crippen molar-refractivity contribution in [1.82, 2.24) is 30.3 Å². The molecule has 1 aliphatic rings. The van der Waals surface area contributed by atoms with Gasteiger partial charge in [-0.25, -0.2) is 9.78 Å². The molecule has 4 atom stereocenters. The lowest BCUT2D eigenvalue weighted by molar-refractivity contribution is -0.132. The Hall–Kier alpha value is -4.24. The lowest BCUT2D eigenvalue weighted by atomic mass is 9.97. The third-order valence-corrected chi connectivity index (χ3v) is 10.7. The molecular weight excluding hydrogens is 721 g/mol. The standard InChI is InChI=1S/C41H60N6O7S/c1-26(2)36(45(8)40(51)54-35-25-55-39(43-35)27(3)4)38(50)42-30(20-28-14-12-11-13-15-28)32(48)24-47-19-18-46(23-31(47)37(49)44-41(5,6)7)22-29-16-17-33(52-9)34(21-29)53-10/h11-17,21,25-27,30-32,36,48H,18-20,22-24H2,1-10H3,(H,42,50)(H,44,49)/t30-,31-,32+,36-/m0/s1. The number of ether oxygens (including phenoxy) is 3. The number of methoxy groups -OCH3 is 2. The highest BCUT2D eigenvalue weighted by Crippen LogP contribution is 2.29. The quantitative estimate of drug-likeness (QED) is 0.183. The third-order valence-electron chi connectivity index (χ3n) is 9.53. The molecule has 2 aromatic carbocycles. The van der Waals surface area contributed by atoms with Gasteiger partial charge >= 0.3 is 6.09 Å². The van der Waals surface area contributed by atoms with Gasteiger partial charge in [-0.05, 0) is 56.4 Å². The molecule has 3 aromatic rings. The van der Waals surface area contributed by atoms with Gasteiger partial charge in [-0.1, -0.05) is 64.1 Å². The van der Waals surface area contributed by atoms with E-state index in [1.807, 2.05) is 102 Å². The first-order chi connectivity index (χ1) is 26.0. The number of hydrogen-bond donors (Lipinski definition) is 3. The van der Waals surface area contributed by atoms with Crippen molar-refractivity contribution in [3.63, 3.8) is 0 Å². The van der Waals surface area contributed by atoms with Crippen LogP contribution >= 0.6 is 11.3 Å². The minimum absolute atomic E-state index is 0.135. The first-order valence-electron chi connectivity index (χ1n) is 18.9. The summed E-state index contributed by atoms with van der Waals surface area (Å²) in [6, 6.07) is 13.2. The summed E-state index contributed by atoms with van der Waals surface area (Å²) < 4.78 is 16.5. The second-order valence-corrected chi connectivity index (χ2v) is 16.8. The van der Waals surface area contributed by atoms with E-state index in [0.29, 0.717) is 44.1 Å². The van der Waals surface area contributed by atoms with Crippen LogP contribution in [-0.4, -0.2) is 120 Å². The Morgan fingerprint density at radius 2 is 1.69 bits per heavy atom. The number of piperazine rings is 1. The Kier molecular flexibility index (Phi) is 15.5. The van der Waals surface area contributed by atoms with Crippen molar-refractivity contribution in [2.24, 2.45) is 5.92 Å². The zero-order valence-corrected chi connectivity index (χ0v) is 34.8. The van der Waals surface area contributed by atoms with Gasteiger partial charge in [-0.3, -0.25) is 24.3 Å². The van der Waals surface area contributed by atoms with E-state index in [9.17, 15) is 19.5 Å². The second-order valence-electron chi connectivity index (χ2n) is 15.9. The minimum Gasteiger partial charge on any atom is -0.493 e. The Bertz CT molecular complexity index is 1710. The lowest BCUT2D eigenvalue weighted by Gasteiger charge is -2.43. The number of hydrogen-bond acceptors (Lipinski definition) is 11. The SMILES string of the molecule is COc1ccc(CN2CCN(C[C@@H](O)[C@H](Cc3ccccc3)NC(=O)[C@H](C(C)C)N(C)C(=O)Oc3csc(C(C)C)n3)[C@H](C(=O)NC(C)(C)C)C2)cc1OC. The molecule has 1 saturated heterocycles. The summed E-state index contributed by atoms with van der Waals surface area (Å²) in [6.07, 6.45) is -1.42. The van der Waals surface area contributed by atoms with Crippen LogP contribution in [0.5, 0.6) is 17.4 Å². The van der Waals surface area contributed by atoms with Crippen LogP contribution in [0.1, 0.15) is 70.5 Å². The van der Waals surface area contributed by atoms with Gasteiger partial charge in [0.25, 0.3) is 0 Å². The largest absolute Gasteiger partial charge is 0.493 e. The molecule has 55 heavy (non-hydrogen) atoms. The highest BCUT2D eigenvalue weighted by Gasteiger charge is 2.38. The number of aliphatic hydroxyl groups is 1. The van der Waals surface area contributed by atoms with Gasteiger partial charge in [0.1, 0.15) is 12.1 Å². The molecule has 13 nitrogen and oxygen atoms in total. The van der Waals surface area contributed by atoms with E-state index in [2.05, 4.69) is 20.5 Å². The van der Waals surface area contributed by atoms with Crippen LogP contribution in [-0.2, 0) is 22.6 Å². The van der Waals surface area contributed by atoms with E-state index in [4.69, 9.17) is 14.2 Å². The molecule has 0 spiro atoms. The van der Waals surface area contributed by atoms with Gasteiger partial charge in [-0.15, -0.1) is 11.3 Å². The molecule has 1 fully saturated rings. The number of rotatable bonds is 16. The molecule has 3 N–H and O–H groups in total. The van der Waals surface area contributed by atoms with E-state index in [-0.39, 0.29) is 30.2 Å². The van der Waals surface area contributed by atoms with Gasteiger partial charge in [0.2, 0.25) is 17.7 Å². The van der Waals surface area contributed by atoms with Crippen LogP contribution in [0.4, 0.5) is 4.79 Å². The number of aliphatic hydroxyl groups excluding tert-OH is 1. The van der Waals surface area contributed by atoms with Gasteiger partial charge in [0.15, 0.2) is 11.5 Å². The number of carbonyl (C=O) groups is 3. The van der Waals surface area contributed by atoms with Crippen LogP contribution in [0.2, 0.25) is 0 Å². The smallest absolute Gasteiger partial charge is 0.417 e. The average Bonchev–Trinajstić information content (AvgIpc) is 3.60. The van der Waals surface area contributed by atoms with E-state index in [0.717, 1.165) is 16.1 Å². The average molecular weight is 781 g/mol. The number of carbonyl (C=O) groups excluding carboxylic acids is 3. The lowest BCUT2D eigenvalue weighted by Crippen LogP contribution is -2.63. The maximum atomic E-state index is 14.1. The van der Waals surface area contributed by atoms with Crippen LogP contribution in [0.25, 0.3) is 0 Å². The molecule has 4 rings (SSSR count). The Balaban J connectivity index is 1.53. The number of benzene rings is 2. The van der Waals surface area contributed by atoms with Gasteiger partial charge in [0, 0.05) is 51.2 Å². The number of thiazole rings is 1. The molecule has 0 aliphatic carbocycles. The predicted octanol–water partition coefficient (Wildman–Crippen LogP) is 4.93. The number of β-amino-alcohol motifs (C(OH)–C–C–N with tert-alkyl or cyclic N) is 1. The number of likely N-dealkylation sites (N-methyl/N-ethyl adjacent to an activating group) is 1. The summed E-state index contributed by atoms with van der Waals surface area (Å²) in [5.74, 6) is 0.828. The molecule has 0 radical (unpaired) electrons. The maximum absolute atomic E-state index is 14.1. The van der Waals surface area contributed by atoms with Crippen molar-refractivity contribution >= 4 is 29.2 Å². The fourth-order valence-electron chi connectivity index (χ4n) is 6.75. The summed E-state index contributed by atoms with van der Waals surface area (Å²) in [6.45, 7) is 15.9. The molecule has 14 heteroatoms. The zero-order chi connectivity index (χ0) is 40.4. The highest BCUT2D eigenvalue weighted by molar-refractivity contribution is 7.09. The highest BCUT2D eigenvalue weighted by atomic mass is 32.1. The Labute approximate surface area is 330 Å². The third kappa shape index (κ3) is 12.4. The number of aromatic nitrogens is 1. The molecule has 1 aliphatic heterocycles. The van der Waals surface area contributed by atoms with E-state index < -0.39 is 41.8 Å². The van der Waals surface area contributed by atoms with Crippen molar-refractivity contribution in [2.75, 3.05) is 47.4 Å². The predicted molar refractivity (Wildman–Crippen MR) is 215 cm³/mol. The topological polar surface area (TPSA) is 146 Å². The fraction of sp³-hybridized carbons (Fsp3) is 0.561. The summed E-state index contributed by atoms with van der Waals surface area (Å²) in [5, 5.41) is 20.7. The zero-order valence-electron chi connectivity index (χ0n) is 34.0. The van der Waals surface area contributed by atoms with Gasteiger partial charge in [-0.2, -0.15) is 0 Å². The summed E-state index contributed by atoms with van der Waals surface area (Å²) in [5.41, 5.74) is 1.48. The molecular formula is C41H60N6O7S. The van der Waals surface area contributed by atoms with E-state index in [1.165, 1.54) is 23.3 Å². The summed E-state index contributed by atoms with van der Waals surface area (Å²) in [4.78, 5) is 51.2. The second kappa shape index (κ2) is 19.6. The molecule has 1 aromatic heterocycles. The molecule has 0 bridgehead atoms. The van der Waals surface area contributed by atoms with Crippen molar-refractivity contribution in [2.45, 2.75) is 97.1 Å². The fourth-order valence-corrected chi connectivity index (χ4v) is 7.49. The molecule has 2 heterocycles. The summed E-state index contributed by atoms with van der Waals surface area (Å²) >= 11 is 1.41. The monoisotopic (exact) mass is 780 g/mol. The van der Waals surface area contributed by atoms with Crippen LogP contribution in [0.15, 0.2) is 53.9 Å². The van der Waals surface area contributed by atoms with Crippen molar-refractivity contribution in [3.05, 3.63) is 70.0 Å². The Morgan fingerprint density at radius 1 is 1.00 bits per heavy atom. The minimum atomic E-state index is -1.05.